The molecule has 0 aromatic heterocycles. The molecule has 1 rings (SSSR count). The molecular formula is C12H21NO5. The van der Waals surface area contributed by atoms with Gasteiger partial charge < -0.3 is 19.5 Å². The van der Waals surface area contributed by atoms with Crippen molar-refractivity contribution in [3.05, 3.63) is 0 Å². The van der Waals surface area contributed by atoms with Crippen LogP contribution >= 0.6 is 0 Å². The second-order valence-corrected chi connectivity index (χ2v) is 4.47. The molecule has 104 valence electrons. The number of hydrogen-bond donors (Lipinski definition) is 1. The van der Waals surface area contributed by atoms with Crippen LogP contribution in [-0.2, 0) is 19.1 Å². The number of carboxylic acids is 1. The van der Waals surface area contributed by atoms with Gasteiger partial charge in [0.25, 0.3) is 0 Å². The van der Waals surface area contributed by atoms with Crippen LogP contribution in [0.15, 0.2) is 0 Å². The first-order valence-corrected chi connectivity index (χ1v) is 6.19. The molecule has 6 nitrogen and oxygen atoms in total. The van der Waals surface area contributed by atoms with Crippen LogP contribution in [0.3, 0.4) is 0 Å². The highest BCUT2D eigenvalue weighted by Gasteiger charge is 2.24. The molecule has 0 aliphatic carbocycles. The van der Waals surface area contributed by atoms with Crippen molar-refractivity contribution in [2.75, 3.05) is 40.0 Å². The molecule has 0 radical (unpaired) electrons. The van der Waals surface area contributed by atoms with Gasteiger partial charge in [-0.2, -0.15) is 0 Å². The third-order valence-corrected chi connectivity index (χ3v) is 3.09. The lowest BCUT2D eigenvalue weighted by atomic mass is 9.94. The number of methoxy groups -OCH3 is 1. The molecule has 0 bridgehead atoms. The summed E-state index contributed by atoms with van der Waals surface area (Å²) < 4.78 is 9.98. The van der Waals surface area contributed by atoms with Gasteiger partial charge in [0.05, 0.1) is 13.2 Å². The summed E-state index contributed by atoms with van der Waals surface area (Å²) in [6.07, 6.45) is 1.72. The first kappa shape index (κ1) is 14.9. The van der Waals surface area contributed by atoms with Gasteiger partial charge in [-0.3, -0.25) is 9.59 Å². The minimum Gasteiger partial charge on any atom is -0.481 e. The predicted molar refractivity (Wildman–Crippen MR) is 64.3 cm³/mol. The van der Waals surface area contributed by atoms with E-state index < -0.39 is 5.97 Å². The molecule has 0 aromatic rings. The molecule has 1 fully saturated rings. The number of piperidine rings is 1. The van der Waals surface area contributed by atoms with Crippen molar-refractivity contribution in [2.45, 2.75) is 19.3 Å². The smallest absolute Gasteiger partial charge is 0.303 e. The van der Waals surface area contributed by atoms with Gasteiger partial charge in [0.15, 0.2) is 0 Å². The van der Waals surface area contributed by atoms with Gasteiger partial charge in [-0.25, -0.2) is 0 Å². The Morgan fingerprint density at radius 3 is 2.50 bits per heavy atom. The molecule has 0 aromatic carbocycles. The summed E-state index contributed by atoms with van der Waals surface area (Å²) in [6, 6.07) is 0. The maximum Gasteiger partial charge on any atom is 0.303 e. The van der Waals surface area contributed by atoms with Crippen LogP contribution in [-0.4, -0.2) is 61.9 Å². The predicted octanol–water partition coefficient (Wildman–Crippen LogP) is 0.363. The Bertz CT molecular complexity index is 274. The lowest BCUT2D eigenvalue weighted by Gasteiger charge is -2.31. The number of carbonyl (C=O) groups is 2. The Morgan fingerprint density at radius 2 is 1.94 bits per heavy atom. The molecule has 1 amide bonds. The van der Waals surface area contributed by atoms with Crippen molar-refractivity contribution >= 4 is 11.9 Å². The van der Waals surface area contributed by atoms with E-state index in [1.807, 2.05) is 0 Å². The summed E-state index contributed by atoms with van der Waals surface area (Å²) in [5.41, 5.74) is 0. The van der Waals surface area contributed by atoms with Crippen molar-refractivity contribution in [1.82, 2.24) is 4.90 Å². The largest absolute Gasteiger partial charge is 0.481 e. The highest BCUT2D eigenvalue weighted by atomic mass is 16.5. The van der Waals surface area contributed by atoms with Crippen LogP contribution in [0, 0.1) is 5.92 Å². The normalized spacial score (nSPS) is 16.8. The number of rotatable bonds is 7. The molecule has 0 saturated carbocycles. The Balaban J connectivity index is 2.17. The molecule has 1 heterocycles. The summed E-state index contributed by atoms with van der Waals surface area (Å²) in [6.45, 7) is 2.23. The quantitative estimate of drug-likeness (QED) is 0.668. The molecular weight excluding hydrogens is 238 g/mol. The van der Waals surface area contributed by atoms with Crippen LogP contribution in [0.5, 0.6) is 0 Å². The minimum absolute atomic E-state index is 0.0279. The van der Waals surface area contributed by atoms with E-state index in [0.29, 0.717) is 26.3 Å². The fourth-order valence-electron chi connectivity index (χ4n) is 2.03. The van der Waals surface area contributed by atoms with Gasteiger partial charge >= 0.3 is 5.97 Å². The van der Waals surface area contributed by atoms with Crippen molar-refractivity contribution in [3.8, 4) is 0 Å². The SMILES string of the molecule is COCCOCC(=O)N1CCC(CC(=O)O)CC1. The lowest BCUT2D eigenvalue weighted by molar-refractivity contribution is -0.139. The Kier molecular flexibility index (Phi) is 6.67. The fourth-order valence-corrected chi connectivity index (χ4v) is 2.03. The Hall–Kier alpha value is -1.14. The van der Waals surface area contributed by atoms with Crippen molar-refractivity contribution in [3.63, 3.8) is 0 Å². The number of ether oxygens (including phenoxy) is 2. The van der Waals surface area contributed by atoms with Crippen molar-refractivity contribution in [2.24, 2.45) is 5.92 Å². The molecule has 0 spiro atoms. The molecule has 0 atom stereocenters. The van der Waals surface area contributed by atoms with Crippen LogP contribution < -0.4 is 0 Å². The molecule has 18 heavy (non-hydrogen) atoms. The summed E-state index contributed by atoms with van der Waals surface area (Å²) >= 11 is 0. The monoisotopic (exact) mass is 259 g/mol. The van der Waals surface area contributed by atoms with E-state index in [2.05, 4.69) is 0 Å². The highest BCUT2D eigenvalue weighted by molar-refractivity contribution is 5.77. The van der Waals surface area contributed by atoms with Crippen molar-refractivity contribution < 1.29 is 24.2 Å². The summed E-state index contributed by atoms with van der Waals surface area (Å²) in [5, 5.41) is 8.70. The average molecular weight is 259 g/mol. The Labute approximate surface area is 107 Å². The van der Waals surface area contributed by atoms with E-state index in [1.165, 1.54) is 0 Å². The maximum absolute atomic E-state index is 11.7. The number of amides is 1. The van der Waals surface area contributed by atoms with E-state index >= 15 is 0 Å². The van der Waals surface area contributed by atoms with Crippen LogP contribution in [0.1, 0.15) is 19.3 Å². The number of likely N-dealkylation sites (tertiary alicyclic amines) is 1. The zero-order valence-electron chi connectivity index (χ0n) is 10.8. The number of carboxylic acid groups (broad SMARTS) is 1. The molecule has 0 unspecified atom stereocenters. The zero-order valence-corrected chi connectivity index (χ0v) is 10.8. The number of carbonyl (C=O) groups excluding carboxylic acids is 1. The molecule has 1 N–H and O–H groups in total. The number of aliphatic carboxylic acids is 1. The van der Waals surface area contributed by atoms with Crippen molar-refractivity contribution in [1.29, 1.82) is 0 Å². The Morgan fingerprint density at radius 1 is 1.28 bits per heavy atom. The average Bonchev–Trinajstić information content (AvgIpc) is 2.34. The first-order valence-electron chi connectivity index (χ1n) is 6.19. The second kappa shape index (κ2) is 8.05. The number of hydrogen-bond acceptors (Lipinski definition) is 4. The van der Waals surface area contributed by atoms with E-state index in [4.69, 9.17) is 14.6 Å². The standard InChI is InChI=1S/C12H21NO5/c1-17-6-7-18-9-11(14)13-4-2-10(3-5-13)8-12(15)16/h10H,2-9H2,1H3,(H,15,16). The molecule has 1 aliphatic rings. The zero-order chi connectivity index (χ0) is 13.4. The van der Waals surface area contributed by atoms with Gasteiger partial charge in [0, 0.05) is 26.6 Å². The molecule has 1 saturated heterocycles. The van der Waals surface area contributed by atoms with Gasteiger partial charge in [0.1, 0.15) is 6.61 Å². The van der Waals surface area contributed by atoms with Crippen LogP contribution in [0.4, 0.5) is 0 Å². The van der Waals surface area contributed by atoms with Gasteiger partial charge in [-0.15, -0.1) is 0 Å². The third kappa shape index (κ3) is 5.46. The molecule has 1 aliphatic heterocycles. The summed E-state index contributed by atoms with van der Waals surface area (Å²) in [7, 11) is 1.58. The number of nitrogens with zero attached hydrogens (tertiary/aromatic N) is 1. The van der Waals surface area contributed by atoms with E-state index in [-0.39, 0.29) is 24.9 Å². The summed E-state index contributed by atoms with van der Waals surface area (Å²) in [5.74, 6) is -0.594. The van der Waals surface area contributed by atoms with E-state index in [1.54, 1.807) is 12.0 Å². The second-order valence-electron chi connectivity index (χ2n) is 4.47. The van der Waals surface area contributed by atoms with E-state index in [9.17, 15) is 9.59 Å². The first-order chi connectivity index (χ1) is 8.63. The highest BCUT2D eigenvalue weighted by Crippen LogP contribution is 2.20. The minimum atomic E-state index is -0.761. The fraction of sp³-hybridized carbons (Fsp3) is 0.833. The lowest BCUT2D eigenvalue weighted by Crippen LogP contribution is -2.40. The van der Waals surface area contributed by atoms with Gasteiger partial charge in [-0.05, 0) is 18.8 Å². The van der Waals surface area contributed by atoms with Crippen LogP contribution in [0.25, 0.3) is 0 Å². The third-order valence-electron chi connectivity index (χ3n) is 3.09. The van der Waals surface area contributed by atoms with Gasteiger partial charge in [-0.1, -0.05) is 0 Å². The molecule has 6 heteroatoms. The maximum atomic E-state index is 11.7. The van der Waals surface area contributed by atoms with E-state index in [0.717, 1.165) is 12.8 Å². The topological polar surface area (TPSA) is 76.1 Å². The van der Waals surface area contributed by atoms with Crippen LogP contribution in [0.2, 0.25) is 0 Å². The van der Waals surface area contributed by atoms with Gasteiger partial charge in [0.2, 0.25) is 5.91 Å². The summed E-state index contributed by atoms with van der Waals surface area (Å²) in [4.78, 5) is 24.0.